The van der Waals surface area contributed by atoms with Crippen molar-refractivity contribution in [3.8, 4) is 0 Å². The van der Waals surface area contributed by atoms with Crippen LogP contribution in [0.1, 0.15) is 39.0 Å². The fourth-order valence-corrected chi connectivity index (χ4v) is 2.78. The number of piperidine rings is 1. The Balaban J connectivity index is 2.28. The minimum atomic E-state index is -0.00538. The number of hydrogen-bond donors (Lipinski definition) is 1. The van der Waals surface area contributed by atoms with Gasteiger partial charge in [0.15, 0.2) is 5.82 Å². The van der Waals surface area contributed by atoms with Crippen LogP contribution < -0.4 is 10.5 Å². The van der Waals surface area contributed by atoms with Crippen LogP contribution in [-0.4, -0.2) is 33.9 Å². The fraction of sp³-hybridized carbons (Fsp3) is 0.714. The Morgan fingerprint density at radius 1 is 1.47 bits per heavy atom. The molecule has 19 heavy (non-hydrogen) atoms. The number of rotatable bonds is 5. The average molecular weight is 265 g/mol. The summed E-state index contributed by atoms with van der Waals surface area (Å²) in [4.78, 5) is 18.8. The molecule has 0 saturated carbocycles. The highest BCUT2D eigenvalue weighted by atomic mass is 16.3. The number of anilines is 1. The van der Waals surface area contributed by atoms with Crippen molar-refractivity contribution in [3.63, 3.8) is 0 Å². The number of aryl methyl sites for hydroxylation is 1. The lowest BCUT2D eigenvalue weighted by atomic mass is 10.00. The molecule has 106 valence electrons. The Kier molecular flexibility index (Phi) is 4.96. The first-order chi connectivity index (χ1) is 9.27. The van der Waals surface area contributed by atoms with Gasteiger partial charge in [-0.25, -0.2) is 4.98 Å². The molecule has 2 heterocycles. The summed E-state index contributed by atoms with van der Waals surface area (Å²) >= 11 is 0. The van der Waals surface area contributed by atoms with Gasteiger partial charge in [-0.2, -0.15) is 0 Å². The predicted octanol–water partition coefficient (Wildman–Crippen LogP) is 1.39. The van der Waals surface area contributed by atoms with Gasteiger partial charge in [0.05, 0.1) is 0 Å². The van der Waals surface area contributed by atoms with E-state index in [9.17, 15) is 4.79 Å². The molecule has 1 unspecified atom stereocenters. The van der Waals surface area contributed by atoms with E-state index in [1.54, 1.807) is 17.0 Å². The van der Waals surface area contributed by atoms with E-state index in [0.717, 1.165) is 38.8 Å². The van der Waals surface area contributed by atoms with Crippen molar-refractivity contribution >= 4 is 5.82 Å². The Morgan fingerprint density at radius 2 is 2.32 bits per heavy atom. The monoisotopic (exact) mass is 265 g/mol. The minimum absolute atomic E-state index is 0.00538. The van der Waals surface area contributed by atoms with Crippen LogP contribution in [0.3, 0.4) is 0 Å². The van der Waals surface area contributed by atoms with Crippen LogP contribution in [0.15, 0.2) is 17.2 Å². The summed E-state index contributed by atoms with van der Waals surface area (Å²) in [6.45, 7) is 3.81. The van der Waals surface area contributed by atoms with Gasteiger partial charge in [0.25, 0.3) is 5.56 Å². The van der Waals surface area contributed by atoms with E-state index < -0.39 is 0 Å². The molecule has 2 rings (SSSR count). The van der Waals surface area contributed by atoms with Crippen molar-refractivity contribution in [2.45, 2.75) is 51.6 Å². The minimum Gasteiger partial charge on any atom is -0.396 e. The standard InChI is InChI=1S/C14H23N3O2/c1-2-8-16-10-7-15-13(14(16)19)17-9-4-3-5-12(17)6-11-18/h7,10,12,18H,2-6,8-9,11H2,1H3. The lowest BCUT2D eigenvalue weighted by Crippen LogP contribution is -2.44. The summed E-state index contributed by atoms with van der Waals surface area (Å²) in [6, 6.07) is 0.247. The molecule has 0 radical (unpaired) electrons. The zero-order valence-electron chi connectivity index (χ0n) is 11.6. The first kappa shape index (κ1) is 14.1. The van der Waals surface area contributed by atoms with E-state index in [0.29, 0.717) is 12.2 Å². The van der Waals surface area contributed by atoms with Gasteiger partial charge in [-0.15, -0.1) is 0 Å². The number of aromatic nitrogens is 2. The summed E-state index contributed by atoms with van der Waals surface area (Å²) in [5.41, 5.74) is -0.00538. The molecule has 1 fully saturated rings. The van der Waals surface area contributed by atoms with Crippen LogP contribution in [0, 0.1) is 0 Å². The smallest absolute Gasteiger partial charge is 0.293 e. The second-order valence-electron chi connectivity index (χ2n) is 5.10. The number of hydrogen-bond acceptors (Lipinski definition) is 4. The average Bonchev–Trinajstić information content (AvgIpc) is 2.43. The van der Waals surface area contributed by atoms with Crippen LogP contribution >= 0.6 is 0 Å². The largest absolute Gasteiger partial charge is 0.396 e. The first-order valence-electron chi connectivity index (χ1n) is 7.21. The van der Waals surface area contributed by atoms with E-state index in [4.69, 9.17) is 5.11 Å². The van der Waals surface area contributed by atoms with Crippen molar-refractivity contribution in [3.05, 3.63) is 22.7 Å². The molecule has 0 aromatic carbocycles. The Morgan fingerprint density at radius 3 is 3.05 bits per heavy atom. The highest BCUT2D eigenvalue weighted by molar-refractivity contribution is 5.37. The molecule has 0 bridgehead atoms. The molecule has 5 heteroatoms. The third kappa shape index (κ3) is 3.15. The molecule has 1 N–H and O–H groups in total. The normalized spacial score (nSPS) is 19.7. The molecule has 1 atom stereocenters. The molecule has 1 aliphatic rings. The fourth-order valence-electron chi connectivity index (χ4n) is 2.78. The Bertz CT molecular complexity index is 456. The van der Waals surface area contributed by atoms with Crippen molar-refractivity contribution in [1.82, 2.24) is 9.55 Å². The molecule has 0 aliphatic carbocycles. The van der Waals surface area contributed by atoms with Crippen LogP contribution in [0.4, 0.5) is 5.82 Å². The van der Waals surface area contributed by atoms with Gasteiger partial charge in [0.2, 0.25) is 0 Å². The molecule has 1 saturated heterocycles. The van der Waals surface area contributed by atoms with Crippen molar-refractivity contribution in [1.29, 1.82) is 0 Å². The molecule has 0 spiro atoms. The SMILES string of the molecule is CCCn1ccnc(N2CCCCC2CCO)c1=O. The molecule has 1 aromatic heterocycles. The maximum Gasteiger partial charge on any atom is 0.293 e. The summed E-state index contributed by atoms with van der Waals surface area (Å²) in [6.07, 6.45) is 8.39. The van der Waals surface area contributed by atoms with Crippen molar-refractivity contribution < 1.29 is 5.11 Å². The van der Waals surface area contributed by atoms with Gasteiger partial charge < -0.3 is 14.6 Å². The topological polar surface area (TPSA) is 58.4 Å². The predicted molar refractivity (Wildman–Crippen MR) is 75.5 cm³/mol. The quantitative estimate of drug-likeness (QED) is 0.874. The van der Waals surface area contributed by atoms with Gasteiger partial charge in [0.1, 0.15) is 0 Å². The second-order valence-corrected chi connectivity index (χ2v) is 5.10. The number of aliphatic hydroxyl groups excluding tert-OH is 1. The van der Waals surface area contributed by atoms with Crippen LogP contribution in [0.25, 0.3) is 0 Å². The van der Waals surface area contributed by atoms with Gasteiger partial charge in [-0.3, -0.25) is 4.79 Å². The van der Waals surface area contributed by atoms with Crippen LogP contribution in [0.2, 0.25) is 0 Å². The summed E-state index contributed by atoms with van der Waals surface area (Å²) in [7, 11) is 0. The molecular weight excluding hydrogens is 242 g/mol. The Hall–Kier alpha value is -1.36. The van der Waals surface area contributed by atoms with Gasteiger partial charge in [0, 0.05) is 38.1 Å². The lowest BCUT2D eigenvalue weighted by molar-refractivity contribution is 0.262. The first-order valence-corrected chi connectivity index (χ1v) is 7.21. The van der Waals surface area contributed by atoms with E-state index >= 15 is 0 Å². The molecule has 5 nitrogen and oxygen atoms in total. The molecular formula is C14H23N3O2. The molecule has 0 amide bonds. The van der Waals surface area contributed by atoms with E-state index in [2.05, 4.69) is 16.8 Å². The third-order valence-corrected chi connectivity index (χ3v) is 3.72. The van der Waals surface area contributed by atoms with E-state index in [-0.39, 0.29) is 18.2 Å². The molecule has 1 aromatic rings. The highest BCUT2D eigenvalue weighted by Crippen LogP contribution is 2.22. The van der Waals surface area contributed by atoms with Gasteiger partial charge in [-0.1, -0.05) is 6.92 Å². The third-order valence-electron chi connectivity index (χ3n) is 3.72. The van der Waals surface area contributed by atoms with E-state index in [1.165, 1.54) is 0 Å². The number of aliphatic hydroxyl groups is 1. The van der Waals surface area contributed by atoms with Crippen LogP contribution in [0.5, 0.6) is 0 Å². The van der Waals surface area contributed by atoms with Gasteiger partial charge in [-0.05, 0) is 32.1 Å². The highest BCUT2D eigenvalue weighted by Gasteiger charge is 2.25. The van der Waals surface area contributed by atoms with Crippen molar-refractivity contribution in [2.75, 3.05) is 18.1 Å². The zero-order valence-corrected chi connectivity index (χ0v) is 11.6. The zero-order chi connectivity index (χ0) is 13.7. The van der Waals surface area contributed by atoms with E-state index in [1.807, 2.05) is 0 Å². The Labute approximate surface area is 113 Å². The van der Waals surface area contributed by atoms with Crippen molar-refractivity contribution in [2.24, 2.45) is 0 Å². The summed E-state index contributed by atoms with van der Waals surface area (Å²) in [5.74, 6) is 0.550. The number of nitrogens with zero attached hydrogens (tertiary/aromatic N) is 3. The molecule has 1 aliphatic heterocycles. The van der Waals surface area contributed by atoms with Crippen LogP contribution in [-0.2, 0) is 6.54 Å². The lowest BCUT2D eigenvalue weighted by Gasteiger charge is -2.36. The van der Waals surface area contributed by atoms with Gasteiger partial charge >= 0.3 is 0 Å². The maximum absolute atomic E-state index is 12.4. The maximum atomic E-state index is 12.4. The summed E-state index contributed by atoms with van der Waals surface area (Å²) in [5, 5.41) is 9.16. The summed E-state index contributed by atoms with van der Waals surface area (Å²) < 4.78 is 1.73. The second kappa shape index (κ2) is 6.70.